The molecule has 0 radical (unpaired) electrons. The van der Waals surface area contributed by atoms with Crippen LogP contribution in [-0.4, -0.2) is 31.1 Å². The largest absolute Gasteiger partial charge is 0.486 e. The normalized spacial score (nSPS) is 14.3. The molecule has 0 bridgehead atoms. The molecule has 0 fully saturated rings. The highest BCUT2D eigenvalue weighted by Crippen LogP contribution is 2.35. The van der Waals surface area contributed by atoms with E-state index in [1.807, 2.05) is 31.2 Å². The van der Waals surface area contributed by atoms with E-state index in [2.05, 4.69) is 12.2 Å². The third-order valence-corrected chi connectivity index (χ3v) is 5.49. The van der Waals surface area contributed by atoms with Crippen molar-refractivity contribution >= 4 is 11.9 Å². The first-order valence-electron chi connectivity index (χ1n) is 11.5. The van der Waals surface area contributed by atoms with Gasteiger partial charge in [0.05, 0.1) is 11.6 Å². The summed E-state index contributed by atoms with van der Waals surface area (Å²) in [7, 11) is 0. The highest BCUT2D eigenvalue weighted by atomic mass is 16.6. The molecule has 172 valence electrons. The number of carbonyl (C=O) groups is 2. The predicted octanol–water partition coefficient (Wildman–Crippen LogP) is 5.22. The van der Waals surface area contributed by atoms with Gasteiger partial charge in [-0.3, -0.25) is 4.79 Å². The predicted molar refractivity (Wildman–Crippen MR) is 123 cm³/mol. The number of nitrogens with one attached hydrogen (secondary N) is 1. The number of rotatable bonds is 11. The minimum absolute atomic E-state index is 0.0349. The maximum atomic E-state index is 12.8. The van der Waals surface area contributed by atoms with Gasteiger partial charge in [-0.1, -0.05) is 56.9 Å². The van der Waals surface area contributed by atoms with E-state index in [0.717, 1.165) is 24.8 Å². The summed E-state index contributed by atoms with van der Waals surface area (Å²) in [6.07, 6.45) is 5.22. The summed E-state index contributed by atoms with van der Waals surface area (Å²) in [5.41, 5.74) is 1.21. The Kier molecular flexibility index (Phi) is 8.96. The molecule has 1 aliphatic heterocycles. The van der Waals surface area contributed by atoms with E-state index in [4.69, 9.17) is 14.2 Å². The fourth-order valence-electron chi connectivity index (χ4n) is 3.74. The first-order valence-corrected chi connectivity index (χ1v) is 11.5. The van der Waals surface area contributed by atoms with E-state index in [1.165, 1.54) is 12.8 Å². The van der Waals surface area contributed by atoms with Crippen molar-refractivity contribution in [2.24, 2.45) is 0 Å². The van der Waals surface area contributed by atoms with Crippen molar-refractivity contribution in [1.29, 1.82) is 0 Å². The zero-order chi connectivity index (χ0) is 22.8. The van der Waals surface area contributed by atoms with Gasteiger partial charge in [-0.05, 0) is 43.2 Å². The molecule has 1 N–H and O–H groups in total. The Morgan fingerprint density at radius 2 is 1.69 bits per heavy atom. The summed E-state index contributed by atoms with van der Waals surface area (Å²) >= 11 is 0. The van der Waals surface area contributed by atoms with Crippen LogP contribution in [-0.2, 0) is 9.53 Å². The quantitative estimate of drug-likeness (QED) is 0.384. The van der Waals surface area contributed by atoms with Crippen LogP contribution in [0.25, 0.3) is 0 Å². The summed E-state index contributed by atoms with van der Waals surface area (Å²) in [6, 6.07) is 13.9. The monoisotopic (exact) mass is 439 g/mol. The molecule has 0 unspecified atom stereocenters. The maximum absolute atomic E-state index is 12.8. The Morgan fingerprint density at radius 1 is 0.969 bits per heavy atom. The summed E-state index contributed by atoms with van der Waals surface area (Å²) in [4.78, 5) is 25.3. The fraction of sp³-hybridized carbons (Fsp3) is 0.462. The molecule has 1 aliphatic rings. The van der Waals surface area contributed by atoms with Crippen molar-refractivity contribution < 1.29 is 23.8 Å². The first-order chi connectivity index (χ1) is 15.6. The molecule has 0 aromatic heterocycles. The topological polar surface area (TPSA) is 73.9 Å². The number of benzene rings is 2. The molecular weight excluding hydrogens is 406 g/mol. The number of unbranched alkanes of at least 4 members (excludes halogenated alkanes) is 4. The Hall–Kier alpha value is -3.02. The molecule has 1 heterocycles. The molecule has 0 spiro atoms. The van der Waals surface area contributed by atoms with Gasteiger partial charge in [0.1, 0.15) is 19.3 Å². The second-order valence-corrected chi connectivity index (χ2v) is 8.12. The average molecular weight is 440 g/mol. The Bertz CT molecular complexity index is 883. The van der Waals surface area contributed by atoms with Gasteiger partial charge < -0.3 is 19.5 Å². The smallest absolute Gasteiger partial charge is 0.338 e. The van der Waals surface area contributed by atoms with E-state index in [0.29, 0.717) is 36.7 Å². The standard InChI is InChI=1S/C26H33NO5/c1-3-4-5-6-10-13-24(28)27-19(2)25(32-26(29)20-11-8-7-9-12-20)21-14-15-22-23(18-21)31-17-16-30-22/h7-9,11-12,14-15,18-19,25H,3-6,10,13,16-17H2,1-2H3,(H,27,28)/t19-,25+/m1/s1. The third-order valence-electron chi connectivity index (χ3n) is 5.49. The number of hydrogen-bond acceptors (Lipinski definition) is 5. The van der Waals surface area contributed by atoms with Crippen LogP contribution in [0.15, 0.2) is 48.5 Å². The highest BCUT2D eigenvalue weighted by molar-refractivity contribution is 5.89. The molecule has 3 rings (SSSR count). The first kappa shape index (κ1) is 23.6. The van der Waals surface area contributed by atoms with Gasteiger partial charge in [0.2, 0.25) is 5.91 Å². The number of ether oxygens (including phenoxy) is 3. The molecule has 1 amide bonds. The van der Waals surface area contributed by atoms with Gasteiger partial charge >= 0.3 is 5.97 Å². The fourth-order valence-corrected chi connectivity index (χ4v) is 3.74. The average Bonchev–Trinajstić information content (AvgIpc) is 2.82. The molecule has 2 aromatic rings. The second-order valence-electron chi connectivity index (χ2n) is 8.12. The maximum Gasteiger partial charge on any atom is 0.338 e. The highest BCUT2D eigenvalue weighted by Gasteiger charge is 2.27. The van der Waals surface area contributed by atoms with E-state index >= 15 is 0 Å². The van der Waals surface area contributed by atoms with Crippen LogP contribution in [0.3, 0.4) is 0 Å². The molecule has 0 saturated heterocycles. The van der Waals surface area contributed by atoms with Crippen molar-refractivity contribution in [2.45, 2.75) is 64.5 Å². The van der Waals surface area contributed by atoms with Crippen molar-refractivity contribution in [3.63, 3.8) is 0 Å². The van der Waals surface area contributed by atoms with Gasteiger partial charge in [0.15, 0.2) is 11.5 Å². The molecule has 32 heavy (non-hydrogen) atoms. The lowest BCUT2D eigenvalue weighted by Gasteiger charge is -2.27. The minimum Gasteiger partial charge on any atom is -0.486 e. The summed E-state index contributed by atoms with van der Waals surface area (Å²) in [5, 5.41) is 3.02. The number of hydrogen-bond donors (Lipinski definition) is 1. The molecular formula is C26H33NO5. The Morgan fingerprint density at radius 3 is 2.44 bits per heavy atom. The molecule has 0 aliphatic carbocycles. The van der Waals surface area contributed by atoms with Gasteiger partial charge in [-0.15, -0.1) is 0 Å². The SMILES string of the molecule is CCCCCCCC(=O)N[C@H](C)[C@H](OC(=O)c1ccccc1)c1ccc2c(c1)OCCO2. The number of esters is 1. The van der Waals surface area contributed by atoms with Gasteiger partial charge in [-0.2, -0.15) is 0 Å². The molecule has 0 saturated carbocycles. The summed E-state index contributed by atoms with van der Waals surface area (Å²) in [6.45, 7) is 5.00. The lowest BCUT2D eigenvalue weighted by molar-refractivity contribution is -0.122. The van der Waals surface area contributed by atoms with Crippen molar-refractivity contribution in [1.82, 2.24) is 5.32 Å². The number of amides is 1. The molecule has 2 atom stereocenters. The summed E-state index contributed by atoms with van der Waals surface area (Å²) < 4.78 is 17.2. The van der Waals surface area contributed by atoms with Crippen LogP contribution >= 0.6 is 0 Å². The van der Waals surface area contributed by atoms with Crippen molar-refractivity contribution in [3.8, 4) is 11.5 Å². The van der Waals surface area contributed by atoms with E-state index < -0.39 is 18.1 Å². The second kappa shape index (κ2) is 12.1. The van der Waals surface area contributed by atoms with Crippen molar-refractivity contribution in [2.75, 3.05) is 13.2 Å². The van der Waals surface area contributed by atoms with E-state index in [9.17, 15) is 9.59 Å². The van der Waals surface area contributed by atoms with Crippen LogP contribution in [0.5, 0.6) is 11.5 Å². The van der Waals surface area contributed by atoms with Gasteiger partial charge in [0, 0.05) is 6.42 Å². The number of carbonyl (C=O) groups excluding carboxylic acids is 2. The van der Waals surface area contributed by atoms with Crippen LogP contribution in [0.1, 0.15) is 74.4 Å². The Balaban J connectivity index is 1.71. The molecule has 6 nitrogen and oxygen atoms in total. The lowest BCUT2D eigenvalue weighted by Crippen LogP contribution is -2.38. The lowest BCUT2D eigenvalue weighted by atomic mass is 10.0. The zero-order valence-electron chi connectivity index (χ0n) is 19.0. The van der Waals surface area contributed by atoms with Crippen LogP contribution in [0.2, 0.25) is 0 Å². The minimum atomic E-state index is -0.664. The zero-order valence-corrected chi connectivity index (χ0v) is 19.0. The van der Waals surface area contributed by atoms with Gasteiger partial charge in [0.25, 0.3) is 0 Å². The van der Waals surface area contributed by atoms with Crippen LogP contribution in [0.4, 0.5) is 0 Å². The third kappa shape index (κ3) is 6.74. The summed E-state index contributed by atoms with van der Waals surface area (Å²) in [5.74, 6) is 0.805. The number of fused-ring (bicyclic) bond motifs is 1. The molecule has 2 aromatic carbocycles. The Labute approximate surface area is 190 Å². The van der Waals surface area contributed by atoms with E-state index in [-0.39, 0.29) is 5.91 Å². The van der Waals surface area contributed by atoms with E-state index in [1.54, 1.807) is 24.3 Å². The van der Waals surface area contributed by atoms with Crippen molar-refractivity contribution in [3.05, 3.63) is 59.7 Å². The van der Waals surface area contributed by atoms with Gasteiger partial charge in [-0.25, -0.2) is 4.79 Å². The van der Waals surface area contributed by atoms with Crippen LogP contribution in [0, 0.1) is 0 Å². The molecule has 6 heteroatoms. The van der Waals surface area contributed by atoms with Crippen LogP contribution < -0.4 is 14.8 Å².